The summed E-state index contributed by atoms with van der Waals surface area (Å²) in [5, 5.41) is 8.77. The van der Waals surface area contributed by atoms with Crippen LogP contribution in [0.25, 0.3) is 99.3 Å². The number of rotatable bonds is 8. The summed E-state index contributed by atoms with van der Waals surface area (Å²) in [5.41, 5.74) is 9.83. The molecular formula is C60H40N6O2. The highest BCUT2D eigenvalue weighted by molar-refractivity contribution is 6.10. The molecule has 0 N–H and O–H groups in total. The predicted molar refractivity (Wildman–Crippen MR) is 275 cm³/mol. The maximum absolute atomic E-state index is 6.74. The van der Waals surface area contributed by atoms with Gasteiger partial charge in [-0.25, -0.2) is 9.97 Å². The summed E-state index contributed by atoms with van der Waals surface area (Å²) in [6.45, 7) is 4.18. The molecule has 0 saturated carbocycles. The zero-order valence-electron chi connectivity index (χ0n) is 37.1. The maximum atomic E-state index is 6.74. The molecule has 8 aromatic carbocycles. The van der Waals surface area contributed by atoms with Gasteiger partial charge in [0, 0.05) is 57.2 Å². The van der Waals surface area contributed by atoms with Crippen molar-refractivity contribution < 1.29 is 9.47 Å². The monoisotopic (exact) mass is 876 g/mol. The summed E-state index contributed by atoms with van der Waals surface area (Å²) in [6.07, 6.45) is 7.43. The zero-order valence-corrected chi connectivity index (χ0v) is 37.1. The molecule has 0 aliphatic heterocycles. The van der Waals surface area contributed by atoms with Gasteiger partial charge in [0.15, 0.2) is 0 Å². The molecule has 5 heterocycles. The molecule has 68 heavy (non-hydrogen) atoms. The summed E-state index contributed by atoms with van der Waals surface area (Å²) in [5.74, 6) is 4.57. The topological polar surface area (TPSA) is 79.9 Å². The van der Waals surface area contributed by atoms with E-state index in [1.54, 1.807) is 0 Å². The van der Waals surface area contributed by atoms with Gasteiger partial charge < -0.3 is 9.47 Å². The van der Waals surface area contributed by atoms with Crippen molar-refractivity contribution in [3.05, 3.63) is 218 Å². The molecule has 322 valence electrons. The Morgan fingerprint density at radius 2 is 0.750 bits per heavy atom. The average Bonchev–Trinajstić information content (AvgIpc) is 3.88. The molecule has 0 unspecified atom stereocenters. The van der Waals surface area contributed by atoms with Crippen molar-refractivity contribution in [2.24, 2.45) is 0 Å². The Labute approximate surface area is 391 Å². The molecule has 0 bridgehead atoms. The molecule has 13 aromatic rings. The van der Waals surface area contributed by atoms with Crippen molar-refractivity contribution in [1.82, 2.24) is 29.1 Å². The molecular weight excluding hydrogens is 837 g/mol. The van der Waals surface area contributed by atoms with E-state index in [4.69, 9.17) is 29.4 Å². The Balaban J connectivity index is 0.856. The van der Waals surface area contributed by atoms with Crippen molar-refractivity contribution in [3.8, 4) is 57.1 Å². The number of aryl methyl sites for hydroxylation is 2. The first-order chi connectivity index (χ1) is 33.5. The fourth-order valence-electron chi connectivity index (χ4n) is 9.79. The minimum absolute atomic E-state index is 0.699. The van der Waals surface area contributed by atoms with Crippen LogP contribution in [0.3, 0.4) is 0 Å². The van der Waals surface area contributed by atoms with E-state index >= 15 is 0 Å². The van der Waals surface area contributed by atoms with Crippen molar-refractivity contribution >= 4 is 65.2 Å². The second kappa shape index (κ2) is 15.8. The lowest BCUT2D eigenvalue weighted by atomic mass is 10.0. The predicted octanol–water partition coefficient (Wildman–Crippen LogP) is 15.3. The van der Waals surface area contributed by atoms with Crippen LogP contribution in [0.2, 0.25) is 0 Å². The van der Waals surface area contributed by atoms with E-state index in [1.807, 2.05) is 61.2 Å². The average molecular weight is 877 g/mol. The van der Waals surface area contributed by atoms with Crippen LogP contribution in [-0.4, -0.2) is 29.1 Å². The first-order valence-corrected chi connectivity index (χ1v) is 22.7. The van der Waals surface area contributed by atoms with Gasteiger partial charge >= 0.3 is 0 Å². The lowest BCUT2D eigenvalue weighted by molar-refractivity contribution is 0.484. The van der Waals surface area contributed by atoms with Gasteiger partial charge in [-0.3, -0.25) is 19.1 Å². The van der Waals surface area contributed by atoms with E-state index in [0.717, 1.165) is 122 Å². The Morgan fingerprint density at radius 1 is 0.338 bits per heavy atom. The minimum atomic E-state index is 0.699. The highest BCUT2D eigenvalue weighted by Crippen LogP contribution is 2.40. The second-order valence-electron chi connectivity index (χ2n) is 17.3. The molecule has 5 aromatic heterocycles. The molecule has 0 radical (unpaired) electrons. The quantitative estimate of drug-likeness (QED) is 0.151. The number of benzene rings is 8. The molecule has 0 spiro atoms. The van der Waals surface area contributed by atoms with Gasteiger partial charge in [0.05, 0.1) is 45.8 Å². The van der Waals surface area contributed by atoms with Crippen LogP contribution in [0.5, 0.6) is 23.0 Å². The van der Waals surface area contributed by atoms with Crippen molar-refractivity contribution in [2.75, 3.05) is 0 Å². The van der Waals surface area contributed by atoms with Crippen molar-refractivity contribution in [3.63, 3.8) is 0 Å². The third-order valence-electron chi connectivity index (χ3n) is 12.9. The van der Waals surface area contributed by atoms with Crippen LogP contribution in [0.4, 0.5) is 0 Å². The highest BCUT2D eigenvalue weighted by Gasteiger charge is 2.18. The van der Waals surface area contributed by atoms with E-state index in [1.165, 1.54) is 0 Å². The molecule has 13 rings (SSSR count). The Bertz CT molecular complexity index is 3870. The van der Waals surface area contributed by atoms with Gasteiger partial charge in [-0.15, -0.1) is 0 Å². The van der Waals surface area contributed by atoms with E-state index in [-0.39, 0.29) is 0 Å². The Morgan fingerprint density at radius 3 is 1.19 bits per heavy atom. The van der Waals surface area contributed by atoms with Crippen molar-refractivity contribution in [1.29, 1.82) is 0 Å². The summed E-state index contributed by atoms with van der Waals surface area (Å²) in [6, 6.07) is 62.6. The van der Waals surface area contributed by atoms with E-state index in [9.17, 15) is 0 Å². The van der Waals surface area contributed by atoms with Crippen LogP contribution in [0, 0.1) is 13.8 Å². The molecule has 8 heteroatoms. The van der Waals surface area contributed by atoms with Gasteiger partial charge in [0.2, 0.25) is 0 Å². The Hall–Kier alpha value is -9.14. The molecule has 0 aliphatic carbocycles. The SMILES string of the molecule is Cc1ccnc(-n2c3ccccc3c3ccc(Oc4cc(-c5cnc(-c6cc(Oc7ccc8c9ccccc9n(-c9cc(C)ccn9)c8c7)cc7ccccc67)cn5)c5ccccc5c4)cc32)c1. The molecule has 0 amide bonds. The van der Waals surface area contributed by atoms with Crippen molar-refractivity contribution in [2.45, 2.75) is 13.8 Å². The summed E-state index contributed by atoms with van der Waals surface area (Å²) < 4.78 is 17.9. The molecule has 0 saturated heterocycles. The third-order valence-corrected chi connectivity index (χ3v) is 12.9. The second-order valence-corrected chi connectivity index (χ2v) is 17.3. The summed E-state index contributed by atoms with van der Waals surface area (Å²) in [7, 11) is 0. The van der Waals surface area contributed by atoms with Gasteiger partial charge in [-0.1, -0.05) is 84.9 Å². The fraction of sp³-hybridized carbons (Fsp3) is 0.0333. The standard InChI is InChI=1S/C60H40N6O2/c1-37-23-25-61-59(27-37)65-55-17-9-7-15-47(55)49-21-19-41(33-57(49)65)67-43-29-39-11-3-5-13-45(39)51(31-43)53-35-64-54(36-63-53)52-32-44(30-40-12-4-6-14-46(40)52)68-42-20-22-50-48-16-8-10-18-56(48)66(58(50)34-42)60-28-38(2)24-26-62-60/h3-36H,1-2H3. The van der Waals surface area contributed by atoms with E-state index < -0.39 is 0 Å². The van der Waals surface area contributed by atoms with Gasteiger partial charge in [-0.05, 0) is 131 Å². The van der Waals surface area contributed by atoms with Crippen LogP contribution in [-0.2, 0) is 0 Å². The number of aromatic nitrogens is 6. The number of hydrogen-bond donors (Lipinski definition) is 0. The van der Waals surface area contributed by atoms with Crippen LogP contribution < -0.4 is 9.47 Å². The van der Waals surface area contributed by atoms with Crippen LogP contribution in [0.15, 0.2) is 207 Å². The lowest BCUT2D eigenvalue weighted by Crippen LogP contribution is -1.97. The summed E-state index contributed by atoms with van der Waals surface area (Å²) >= 11 is 0. The number of hydrogen-bond acceptors (Lipinski definition) is 6. The number of ether oxygens (including phenoxy) is 2. The fourth-order valence-corrected chi connectivity index (χ4v) is 9.79. The number of pyridine rings is 2. The zero-order chi connectivity index (χ0) is 45.3. The first kappa shape index (κ1) is 39.2. The number of nitrogens with zero attached hydrogens (tertiary/aromatic N) is 6. The van der Waals surface area contributed by atoms with Gasteiger partial charge in [0.1, 0.15) is 34.6 Å². The highest BCUT2D eigenvalue weighted by atomic mass is 16.5. The molecule has 8 nitrogen and oxygen atoms in total. The smallest absolute Gasteiger partial charge is 0.137 e. The van der Waals surface area contributed by atoms with Gasteiger partial charge in [0.25, 0.3) is 0 Å². The summed E-state index contributed by atoms with van der Waals surface area (Å²) in [4.78, 5) is 19.7. The van der Waals surface area contributed by atoms with Gasteiger partial charge in [-0.2, -0.15) is 0 Å². The normalized spacial score (nSPS) is 11.7. The number of fused-ring (bicyclic) bond motifs is 8. The van der Waals surface area contributed by atoms with E-state index in [2.05, 4.69) is 169 Å². The lowest BCUT2D eigenvalue weighted by Gasteiger charge is -2.14. The minimum Gasteiger partial charge on any atom is -0.457 e. The van der Waals surface area contributed by atoms with Crippen LogP contribution in [0.1, 0.15) is 11.1 Å². The molecule has 0 fully saturated rings. The largest absolute Gasteiger partial charge is 0.457 e. The molecule has 0 aliphatic rings. The van der Waals surface area contributed by atoms with E-state index in [0.29, 0.717) is 11.5 Å². The first-order valence-electron chi connectivity index (χ1n) is 22.7. The van der Waals surface area contributed by atoms with Crippen LogP contribution >= 0.6 is 0 Å². The third kappa shape index (κ3) is 6.69. The number of para-hydroxylation sites is 2. The maximum Gasteiger partial charge on any atom is 0.137 e. The molecule has 0 atom stereocenters. The Kier molecular flexibility index (Phi) is 9.11.